The van der Waals surface area contributed by atoms with E-state index in [1.807, 2.05) is 26.0 Å². The van der Waals surface area contributed by atoms with Gasteiger partial charge in [0.25, 0.3) is 0 Å². The smallest absolute Gasteiger partial charge is 0.160 e. The van der Waals surface area contributed by atoms with E-state index < -0.39 is 0 Å². The Morgan fingerprint density at radius 2 is 2.00 bits per heavy atom. The zero-order valence-electron chi connectivity index (χ0n) is 9.02. The van der Waals surface area contributed by atoms with E-state index in [0.29, 0.717) is 11.4 Å². The molecule has 0 aliphatic heterocycles. The molecule has 4 heteroatoms. The molecule has 2 aromatic heterocycles. The highest BCUT2D eigenvalue weighted by atomic mass is 16.3. The second-order valence-corrected chi connectivity index (χ2v) is 3.58. The lowest BCUT2D eigenvalue weighted by atomic mass is 10.3. The first-order valence-corrected chi connectivity index (χ1v) is 4.78. The van der Waals surface area contributed by atoms with Crippen molar-refractivity contribution in [2.75, 3.05) is 0 Å². The summed E-state index contributed by atoms with van der Waals surface area (Å²) < 4.78 is 1.67. The summed E-state index contributed by atoms with van der Waals surface area (Å²) >= 11 is 0. The molecule has 1 N–H and O–H groups in total. The van der Waals surface area contributed by atoms with Crippen molar-refractivity contribution in [3.05, 3.63) is 35.3 Å². The Bertz CT molecular complexity index is 503. The van der Waals surface area contributed by atoms with Gasteiger partial charge < -0.3 is 5.11 Å². The van der Waals surface area contributed by atoms with Crippen molar-refractivity contribution < 1.29 is 5.11 Å². The molecule has 78 valence electrons. The third-order valence-electron chi connectivity index (χ3n) is 2.44. The number of aromatic hydroxyl groups is 1. The molecule has 0 unspecified atom stereocenters. The number of nitrogens with zero attached hydrogens (tertiary/aromatic N) is 3. The summed E-state index contributed by atoms with van der Waals surface area (Å²) in [5.74, 6) is 0.999. The van der Waals surface area contributed by atoms with Crippen molar-refractivity contribution in [1.82, 2.24) is 14.8 Å². The minimum absolute atomic E-state index is 0.236. The van der Waals surface area contributed by atoms with Gasteiger partial charge >= 0.3 is 0 Å². The molecule has 0 aliphatic rings. The van der Waals surface area contributed by atoms with Gasteiger partial charge in [-0.05, 0) is 32.4 Å². The first-order chi connectivity index (χ1) is 7.11. The predicted molar refractivity (Wildman–Crippen MR) is 57.2 cm³/mol. The zero-order valence-corrected chi connectivity index (χ0v) is 9.02. The van der Waals surface area contributed by atoms with Crippen molar-refractivity contribution >= 4 is 0 Å². The quantitative estimate of drug-likeness (QED) is 0.770. The summed E-state index contributed by atoms with van der Waals surface area (Å²) in [5, 5.41) is 13.9. The van der Waals surface area contributed by atoms with Crippen LogP contribution in [0.15, 0.2) is 18.3 Å². The molecule has 0 aliphatic carbocycles. The van der Waals surface area contributed by atoms with Crippen LogP contribution in [0.1, 0.15) is 17.0 Å². The van der Waals surface area contributed by atoms with E-state index in [4.69, 9.17) is 0 Å². The lowest BCUT2D eigenvalue weighted by Crippen LogP contribution is -2.03. The van der Waals surface area contributed by atoms with Crippen LogP contribution in [-0.4, -0.2) is 19.9 Å². The van der Waals surface area contributed by atoms with Gasteiger partial charge in [-0.3, -0.25) is 0 Å². The molecule has 0 aromatic carbocycles. The normalized spacial score (nSPS) is 10.6. The summed E-state index contributed by atoms with van der Waals surface area (Å²) in [5.41, 5.74) is 2.37. The van der Waals surface area contributed by atoms with Gasteiger partial charge in [0.15, 0.2) is 11.6 Å². The van der Waals surface area contributed by atoms with Gasteiger partial charge in [-0.15, -0.1) is 0 Å². The Labute approximate surface area is 88.2 Å². The monoisotopic (exact) mass is 203 g/mol. The van der Waals surface area contributed by atoms with Gasteiger partial charge in [-0.25, -0.2) is 9.67 Å². The summed E-state index contributed by atoms with van der Waals surface area (Å²) in [6, 6.07) is 3.85. The molecule has 4 nitrogen and oxygen atoms in total. The van der Waals surface area contributed by atoms with E-state index in [9.17, 15) is 5.11 Å². The molecule has 15 heavy (non-hydrogen) atoms. The maximum Gasteiger partial charge on any atom is 0.160 e. The SMILES string of the molecule is Cc1cccnc1-n1nc(C)c(O)c1C. The van der Waals surface area contributed by atoms with Crippen LogP contribution >= 0.6 is 0 Å². The lowest BCUT2D eigenvalue weighted by Gasteiger charge is -2.05. The lowest BCUT2D eigenvalue weighted by molar-refractivity contribution is 0.466. The number of pyridine rings is 1. The van der Waals surface area contributed by atoms with Crippen molar-refractivity contribution in [3.8, 4) is 11.6 Å². The molecule has 0 bridgehead atoms. The van der Waals surface area contributed by atoms with Crippen LogP contribution in [0.4, 0.5) is 0 Å². The topological polar surface area (TPSA) is 50.9 Å². The van der Waals surface area contributed by atoms with Gasteiger partial charge in [0, 0.05) is 6.20 Å². The molecule has 0 saturated carbocycles. The maximum absolute atomic E-state index is 9.67. The zero-order chi connectivity index (χ0) is 11.0. The molecule has 0 amide bonds. The predicted octanol–water partition coefficient (Wildman–Crippen LogP) is 1.90. The Kier molecular flexibility index (Phi) is 2.19. The Morgan fingerprint density at radius 1 is 1.27 bits per heavy atom. The van der Waals surface area contributed by atoms with E-state index in [0.717, 1.165) is 11.4 Å². The number of aryl methyl sites for hydroxylation is 2. The fraction of sp³-hybridized carbons (Fsp3) is 0.273. The largest absolute Gasteiger partial charge is 0.504 e. The molecule has 0 radical (unpaired) electrons. The standard InChI is InChI=1S/C11H13N3O/c1-7-5-4-6-12-11(7)14-9(3)10(15)8(2)13-14/h4-6,15H,1-3H3. The van der Waals surface area contributed by atoms with Crippen molar-refractivity contribution in [1.29, 1.82) is 0 Å². The highest BCUT2D eigenvalue weighted by molar-refractivity contribution is 5.39. The average Bonchev–Trinajstić information content (AvgIpc) is 2.47. The van der Waals surface area contributed by atoms with E-state index in [1.54, 1.807) is 17.8 Å². The molecule has 0 spiro atoms. The number of rotatable bonds is 1. The minimum atomic E-state index is 0.236. The van der Waals surface area contributed by atoms with Crippen LogP contribution in [0.5, 0.6) is 5.75 Å². The van der Waals surface area contributed by atoms with Crippen LogP contribution in [-0.2, 0) is 0 Å². The second-order valence-electron chi connectivity index (χ2n) is 3.58. The molecule has 2 rings (SSSR count). The van der Waals surface area contributed by atoms with Gasteiger partial charge in [-0.1, -0.05) is 6.07 Å². The first-order valence-electron chi connectivity index (χ1n) is 4.78. The number of hydrogen-bond acceptors (Lipinski definition) is 3. The number of aromatic nitrogens is 3. The first kappa shape index (κ1) is 9.71. The minimum Gasteiger partial charge on any atom is -0.504 e. The summed E-state index contributed by atoms with van der Waals surface area (Å²) in [6.07, 6.45) is 1.72. The molecular formula is C11H13N3O. The average molecular weight is 203 g/mol. The molecule has 2 aromatic rings. The van der Waals surface area contributed by atoms with E-state index in [1.165, 1.54) is 0 Å². The van der Waals surface area contributed by atoms with E-state index >= 15 is 0 Å². The van der Waals surface area contributed by atoms with E-state index in [2.05, 4.69) is 10.1 Å². The van der Waals surface area contributed by atoms with Gasteiger partial charge in [0.1, 0.15) is 5.69 Å². The number of hydrogen-bond donors (Lipinski definition) is 1. The molecule has 2 heterocycles. The fourth-order valence-corrected chi connectivity index (χ4v) is 1.54. The van der Waals surface area contributed by atoms with E-state index in [-0.39, 0.29) is 5.75 Å². The Hall–Kier alpha value is -1.84. The fourth-order valence-electron chi connectivity index (χ4n) is 1.54. The van der Waals surface area contributed by atoms with Crippen LogP contribution in [0.25, 0.3) is 5.82 Å². The van der Waals surface area contributed by atoms with Crippen LogP contribution < -0.4 is 0 Å². The Morgan fingerprint density at radius 3 is 2.53 bits per heavy atom. The second kappa shape index (κ2) is 3.38. The third-order valence-corrected chi connectivity index (χ3v) is 2.44. The highest BCUT2D eigenvalue weighted by Crippen LogP contribution is 2.23. The van der Waals surface area contributed by atoms with Gasteiger partial charge in [-0.2, -0.15) is 5.10 Å². The Balaban J connectivity index is 2.65. The van der Waals surface area contributed by atoms with Crippen LogP contribution in [0.3, 0.4) is 0 Å². The molecule has 0 saturated heterocycles. The summed E-state index contributed by atoms with van der Waals surface area (Å²) in [6.45, 7) is 5.57. The highest BCUT2D eigenvalue weighted by Gasteiger charge is 2.13. The summed E-state index contributed by atoms with van der Waals surface area (Å²) in [4.78, 5) is 4.25. The van der Waals surface area contributed by atoms with Crippen LogP contribution in [0.2, 0.25) is 0 Å². The van der Waals surface area contributed by atoms with Crippen molar-refractivity contribution in [2.24, 2.45) is 0 Å². The summed E-state index contributed by atoms with van der Waals surface area (Å²) in [7, 11) is 0. The van der Waals surface area contributed by atoms with Gasteiger partial charge in [0.2, 0.25) is 0 Å². The molecule has 0 fully saturated rings. The third kappa shape index (κ3) is 1.48. The van der Waals surface area contributed by atoms with Gasteiger partial charge in [0.05, 0.1) is 5.69 Å². The van der Waals surface area contributed by atoms with Crippen molar-refractivity contribution in [3.63, 3.8) is 0 Å². The van der Waals surface area contributed by atoms with Crippen LogP contribution in [0, 0.1) is 20.8 Å². The van der Waals surface area contributed by atoms with Crippen molar-refractivity contribution in [2.45, 2.75) is 20.8 Å². The molecular weight excluding hydrogens is 190 g/mol. The molecule has 0 atom stereocenters. The maximum atomic E-state index is 9.67.